The fraction of sp³-hybridized carbons (Fsp3) is 0.400. The molecule has 1 rings (SSSR count). The maximum atomic E-state index is 9.33. The Morgan fingerprint density at radius 2 is 2.14 bits per heavy atom. The number of hydrogen-bond donors (Lipinski definition) is 2. The first-order valence-corrected chi connectivity index (χ1v) is 5.12. The van der Waals surface area contributed by atoms with E-state index in [4.69, 9.17) is 10.5 Å². The fourth-order valence-corrected chi connectivity index (χ4v) is 1.57. The smallest absolute Gasteiger partial charge is 0.133 e. The predicted octanol–water partition coefficient (Wildman–Crippen LogP) is 1.84. The van der Waals surface area contributed by atoms with Crippen LogP contribution in [0.1, 0.15) is 18.5 Å². The van der Waals surface area contributed by atoms with E-state index in [0.29, 0.717) is 0 Å². The van der Waals surface area contributed by atoms with Gasteiger partial charge in [-0.3, -0.25) is 0 Å². The summed E-state index contributed by atoms with van der Waals surface area (Å²) >= 11 is 3.35. The molecule has 0 spiro atoms. The third-order valence-electron chi connectivity index (χ3n) is 2.08. The highest BCUT2D eigenvalue weighted by Gasteiger charge is 2.13. The van der Waals surface area contributed by atoms with E-state index in [9.17, 15) is 5.11 Å². The van der Waals surface area contributed by atoms with E-state index >= 15 is 0 Å². The molecule has 0 bridgehead atoms. The van der Waals surface area contributed by atoms with Gasteiger partial charge in [0.25, 0.3) is 0 Å². The highest BCUT2D eigenvalue weighted by atomic mass is 79.9. The van der Waals surface area contributed by atoms with E-state index < -0.39 is 6.10 Å². The van der Waals surface area contributed by atoms with E-state index in [-0.39, 0.29) is 6.04 Å². The predicted molar refractivity (Wildman–Crippen MR) is 59.3 cm³/mol. The lowest BCUT2D eigenvalue weighted by atomic mass is 10.0. The zero-order valence-electron chi connectivity index (χ0n) is 8.20. The van der Waals surface area contributed by atoms with Gasteiger partial charge in [-0.2, -0.15) is 0 Å². The van der Waals surface area contributed by atoms with Crippen LogP contribution in [0.2, 0.25) is 0 Å². The number of methoxy groups -OCH3 is 1. The van der Waals surface area contributed by atoms with Crippen molar-refractivity contribution in [3.05, 3.63) is 28.2 Å². The number of nitrogens with two attached hydrogens (primary N) is 1. The highest BCUT2D eigenvalue weighted by Crippen LogP contribution is 2.28. The lowest BCUT2D eigenvalue weighted by Gasteiger charge is -2.16. The van der Waals surface area contributed by atoms with Crippen LogP contribution in [0.25, 0.3) is 0 Å². The molecule has 1 aromatic rings. The largest absolute Gasteiger partial charge is 0.496 e. The lowest BCUT2D eigenvalue weighted by molar-refractivity contribution is 0.164. The van der Waals surface area contributed by atoms with Crippen LogP contribution >= 0.6 is 15.9 Å². The summed E-state index contributed by atoms with van der Waals surface area (Å²) < 4.78 is 6.01. The SMILES string of the molecule is COc1cc([C@H](N)[C@H](C)O)ccc1Br. The topological polar surface area (TPSA) is 55.5 Å². The Balaban J connectivity index is 3.00. The monoisotopic (exact) mass is 259 g/mol. The molecule has 0 aliphatic rings. The van der Waals surface area contributed by atoms with Gasteiger partial charge in [0.1, 0.15) is 5.75 Å². The van der Waals surface area contributed by atoms with Crippen molar-refractivity contribution in [1.82, 2.24) is 0 Å². The van der Waals surface area contributed by atoms with Crippen molar-refractivity contribution < 1.29 is 9.84 Å². The van der Waals surface area contributed by atoms with Crippen molar-refractivity contribution in [3.8, 4) is 5.75 Å². The molecule has 0 heterocycles. The molecular formula is C10H14BrNO2. The third kappa shape index (κ3) is 2.47. The number of aliphatic hydroxyl groups excluding tert-OH is 1. The standard InChI is InChI=1S/C10H14BrNO2/c1-6(13)10(12)7-3-4-8(11)9(5-7)14-2/h3-6,10,13H,12H2,1-2H3/t6-,10+/m0/s1. The van der Waals surface area contributed by atoms with Crippen LogP contribution in [0.5, 0.6) is 5.75 Å². The van der Waals surface area contributed by atoms with E-state index in [1.807, 2.05) is 18.2 Å². The summed E-state index contributed by atoms with van der Waals surface area (Å²) in [5.74, 6) is 0.721. The van der Waals surface area contributed by atoms with Crippen LogP contribution < -0.4 is 10.5 Å². The molecule has 4 heteroatoms. The second kappa shape index (κ2) is 4.77. The second-order valence-electron chi connectivity index (χ2n) is 3.16. The summed E-state index contributed by atoms with van der Waals surface area (Å²) in [7, 11) is 1.60. The van der Waals surface area contributed by atoms with Crippen LogP contribution in [0, 0.1) is 0 Å². The first kappa shape index (κ1) is 11.5. The Labute approximate surface area is 92.0 Å². The number of aliphatic hydroxyl groups is 1. The molecule has 0 amide bonds. The van der Waals surface area contributed by atoms with Crippen LogP contribution in [-0.4, -0.2) is 18.3 Å². The summed E-state index contributed by atoms with van der Waals surface area (Å²) in [6.07, 6.45) is -0.569. The first-order valence-electron chi connectivity index (χ1n) is 4.33. The number of rotatable bonds is 3. The Hall–Kier alpha value is -0.580. The summed E-state index contributed by atoms with van der Waals surface area (Å²) in [5.41, 5.74) is 6.65. The summed E-state index contributed by atoms with van der Waals surface area (Å²) in [6, 6.07) is 5.17. The average molecular weight is 260 g/mol. The van der Waals surface area contributed by atoms with Gasteiger partial charge in [0.15, 0.2) is 0 Å². The fourth-order valence-electron chi connectivity index (χ4n) is 1.16. The van der Waals surface area contributed by atoms with Crippen LogP contribution in [0.15, 0.2) is 22.7 Å². The Morgan fingerprint density at radius 1 is 1.50 bits per heavy atom. The molecule has 3 nitrogen and oxygen atoms in total. The molecule has 0 unspecified atom stereocenters. The van der Waals surface area contributed by atoms with E-state index in [2.05, 4.69) is 15.9 Å². The minimum Gasteiger partial charge on any atom is -0.496 e. The molecule has 2 atom stereocenters. The Kier molecular flexibility index (Phi) is 3.92. The lowest BCUT2D eigenvalue weighted by Crippen LogP contribution is -2.23. The molecule has 0 radical (unpaired) electrons. The normalized spacial score (nSPS) is 14.9. The third-order valence-corrected chi connectivity index (χ3v) is 2.73. The van der Waals surface area contributed by atoms with Gasteiger partial charge < -0.3 is 15.6 Å². The van der Waals surface area contributed by atoms with Gasteiger partial charge >= 0.3 is 0 Å². The van der Waals surface area contributed by atoms with E-state index in [1.165, 1.54) is 0 Å². The zero-order chi connectivity index (χ0) is 10.7. The molecule has 78 valence electrons. The van der Waals surface area contributed by atoms with Crippen molar-refractivity contribution in [2.75, 3.05) is 7.11 Å². The molecule has 14 heavy (non-hydrogen) atoms. The molecule has 0 aliphatic heterocycles. The molecular weight excluding hydrogens is 246 g/mol. The molecule has 1 aromatic carbocycles. The Morgan fingerprint density at radius 3 is 2.64 bits per heavy atom. The summed E-state index contributed by atoms with van der Waals surface area (Å²) in [4.78, 5) is 0. The number of benzene rings is 1. The molecule has 0 saturated carbocycles. The molecule has 0 aliphatic carbocycles. The van der Waals surface area contributed by atoms with E-state index in [1.54, 1.807) is 14.0 Å². The average Bonchev–Trinajstić information content (AvgIpc) is 2.17. The van der Waals surface area contributed by atoms with Crippen LogP contribution in [-0.2, 0) is 0 Å². The van der Waals surface area contributed by atoms with Crippen molar-refractivity contribution in [2.45, 2.75) is 19.1 Å². The van der Waals surface area contributed by atoms with Crippen molar-refractivity contribution >= 4 is 15.9 Å². The van der Waals surface area contributed by atoms with E-state index in [0.717, 1.165) is 15.8 Å². The number of hydrogen-bond acceptors (Lipinski definition) is 3. The van der Waals surface area contributed by atoms with Crippen molar-refractivity contribution in [2.24, 2.45) is 5.73 Å². The molecule has 0 fully saturated rings. The van der Waals surface area contributed by atoms with Crippen LogP contribution in [0.3, 0.4) is 0 Å². The number of halogens is 1. The van der Waals surface area contributed by atoms with Gasteiger partial charge in [0.05, 0.1) is 23.7 Å². The number of ether oxygens (including phenoxy) is 1. The second-order valence-corrected chi connectivity index (χ2v) is 4.01. The van der Waals surface area contributed by atoms with Crippen molar-refractivity contribution in [3.63, 3.8) is 0 Å². The summed E-state index contributed by atoms with van der Waals surface area (Å²) in [6.45, 7) is 1.67. The van der Waals surface area contributed by atoms with Gasteiger partial charge in [0, 0.05) is 0 Å². The van der Waals surface area contributed by atoms with Gasteiger partial charge in [-0.15, -0.1) is 0 Å². The Bertz CT molecular complexity index is 315. The zero-order valence-corrected chi connectivity index (χ0v) is 9.78. The van der Waals surface area contributed by atoms with Gasteiger partial charge in [0.2, 0.25) is 0 Å². The van der Waals surface area contributed by atoms with Gasteiger partial charge in [-0.05, 0) is 40.5 Å². The summed E-state index contributed by atoms with van der Waals surface area (Å²) in [5, 5.41) is 9.33. The molecule has 0 saturated heterocycles. The minimum atomic E-state index is -0.569. The minimum absolute atomic E-state index is 0.378. The maximum Gasteiger partial charge on any atom is 0.133 e. The quantitative estimate of drug-likeness (QED) is 0.871. The van der Waals surface area contributed by atoms with Crippen molar-refractivity contribution in [1.29, 1.82) is 0 Å². The highest BCUT2D eigenvalue weighted by molar-refractivity contribution is 9.10. The van der Waals surface area contributed by atoms with Crippen LogP contribution in [0.4, 0.5) is 0 Å². The van der Waals surface area contributed by atoms with Gasteiger partial charge in [-0.1, -0.05) is 6.07 Å². The first-order chi connectivity index (χ1) is 6.56. The maximum absolute atomic E-state index is 9.33. The molecule has 3 N–H and O–H groups in total. The van der Waals surface area contributed by atoms with Gasteiger partial charge in [-0.25, -0.2) is 0 Å². The molecule has 0 aromatic heterocycles.